The molecule has 4 heterocycles. The predicted octanol–water partition coefficient (Wildman–Crippen LogP) is 13.1. The van der Waals surface area contributed by atoms with Gasteiger partial charge >= 0.3 is 18.2 Å². The van der Waals surface area contributed by atoms with E-state index in [1.807, 2.05) is 130 Å². The summed E-state index contributed by atoms with van der Waals surface area (Å²) in [4.78, 5) is 38.5. The summed E-state index contributed by atoms with van der Waals surface area (Å²) in [5.74, 6) is -1.41. The van der Waals surface area contributed by atoms with E-state index in [1.165, 1.54) is 6.33 Å². The average Bonchev–Trinajstić information content (AvgIpc) is 3.89. The number of furan rings is 2. The van der Waals surface area contributed by atoms with Crippen LogP contribution in [0.5, 0.6) is 0 Å². The first kappa shape index (κ1) is 45.6. The molecule has 0 bridgehead atoms. The molecule has 4 aromatic heterocycles. The maximum absolute atomic E-state index is 12.0. The van der Waals surface area contributed by atoms with Crippen molar-refractivity contribution in [2.24, 2.45) is 0 Å². The Balaban J connectivity index is 0.000000164. The number of anilines is 6. The molecule has 6 aromatic carbocycles. The van der Waals surface area contributed by atoms with E-state index in [4.69, 9.17) is 29.2 Å². The molecule has 0 atom stereocenters. The molecular weight excluding hydrogens is 878 g/mol. The van der Waals surface area contributed by atoms with Gasteiger partial charge in [-0.15, -0.1) is 0 Å². The number of carboxylic acid groups (broad SMARTS) is 1. The largest absolute Gasteiger partial charge is 0.490 e. The molecule has 0 spiro atoms. The summed E-state index contributed by atoms with van der Waals surface area (Å²) in [5, 5.41) is 20.7. The summed E-state index contributed by atoms with van der Waals surface area (Å²) < 4.78 is 49.3. The Hall–Kier alpha value is -8.99. The smallest absolute Gasteiger partial charge is 0.475 e. The van der Waals surface area contributed by atoms with Gasteiger partial charge in [0.05, 0.1) is 11.4 Å². The number of para-hydroxylation sites is 4. The van der Waals surface area contributed by atoms with Crippen molar-refractivity contribution in [2.45, 2.75) is 32.5 Å². The summed E-state index contributed by atoms with van der Waals surface area (Å²) in [7, 11) is 0. The number of rotatable bonds is 7. The highest BCUT2D eigenvalue weighted by molar-refractivity contribution is 6.10. The SMILES string of the molecule is CC(C)(C)OC(=O)Nc1ccc(Nc2cc(-c3cccc4c3oc3ccccc34)ncn2)cc1.Nc1ccc(Nc2cc(-c3cccc4c3oc3ccccc34)ncn2)cc1.O=C(O)C(F)(F)F. The Morgan fingerprint density at radius 1 is 0.574 bits per heavy atom. The molecule has 0 aliphatic rings. The molecule has 0 saturated carbocycles. The van der Waals surface area contributed by atoms with Crippen LogP contribution in [0.4, 0.5) is 52.4 Å². The number of hydrogen-bond acceptors (Lipinski definition) is 12. The summed E-state index contributed by atoms with van der Waals surface area (Å²) in [6.07, 6.45) is -2.50. The van der Waals surface area contributed by atoms with Gasteiger partial charge in [0.1, 0.15) is 52.2 Å². The second-order valence-electron chi connectivity index (χ2n) is 16.0. The van der Waals surface area contributed by atoms with E-state index in [1.54, 1.807) is 18.5 Å². The number of nitrogens with zero attached hydrogens (tertiary/aromatic N) is 4. The number of ether oxygens (including phenoxy) is 1. The van der Waals surface area contributed by atoms with Gasteiger partial charge in [-0.1, -0.05) is 60.7 Å². The Morgan fingerprint density at radius 2 is 0.985 bits per heavy atom. The van der Waals surface area contributed by atoms with Crippen molar-refractivity contribution in [1.82, 2.24) is 19.9 Å². The minimum Gasteiger partial charge on any atom is -0.475 e. The number of benzene rings is 6. The number of fused-ring (bicyclic) bond motifs is 6. The average molecular weight is 919 g/mol. The third kappa shape index (κ3) is 10.9. The number of carbonyl (C=O) groups excluding carboxylic acids is 1. The molecular formula is C51H41F3N8O6. The van der Waals surface area contributed by atoms with E-state index in [0.717, 1.165) is 83.5 Å². The number of aliphatic carboxylic acids is 1. The zero-order valence-electron chi connectivity index (χ0n) is 36.5. The third-order valence-corrected chi connectivity index (χ3v) is 9.92. The molecule has 6 N–H and O–H groups in total. The second kappa shape index (κ2) is 19.2. The summed E-state index contributed by atoms with van der Waals surface area (Å²) in [5.41, 5.74) is 15.0. The fourth-order valence-corrected chi connectivity index (χ4v) is 6.96. The summed E-state index contributed by atoms with van der Waals surface area (Å²) in [6.45, 7) is 5.47. The van der Waals surface area contributed by atoms with E-state index < -0.39 is 23.8 Å². The number of amides is 1. The maximum atomic E-state index is 12.0. The van der Waals surface area contributed by atoms with Gasteiger partial charge in [-0.3, -0.25) is 5.32 Å². The molecule has 0 unspecified atom stereocenters. The van der Waals surface area contributed by atoms with Crippen LogP contribution in [-0.4, -0.2) is 48.9 Å². The number of hydrogen-bond donors (Lipinski definition) is 5. The molecule has 0 aliphatic heterocycles. The van der Waals surface area contributed by atoms with Crippen LogP contribution in [0.2, 0.25) is 0 Å². The highest BCUT2D eigenvalue weighted by atomic mass is 19.4. The molecule has 10 aromatic rings. The highest BCUT2D eigenvalue weighted by Crippen LogP contribution is 2.37. The number of nitrogens with one attached hydrogen (secondary N) is 3. The van der Waals surface area contributed by atoms with Crippen molar-refractivity contribution >= 4 is 90.3 Å². The molecule has 68 heavy (non-hydrogen) atoms. The monoisotopic (exact) mass is 918 g/mol. The lowest BCUT2D eigenvalue weighted by Gasteiger charge is -2.19. The van der Waals surface area contributed by atoms with Crippen LogP contribution in [0.3, 0.4) is 0 Å². The van der Waals surface area contributed by atoms with E-state index >= 15 is 0 Å². The first-order valence-corrected chi connectivity index (χ1v) is 20.8. The van der Waals surface area contributed by atoms with Crippen LogP contribution in [-0.2, 0) is 9.53 Å². The van der Waals surface area contributed by atoms with Crippen LogP contribution < -0.4 is 21.7 Å². The molecule has 0 saturated heterocycles. The van der Waals surface area contributed by atoms with Crippen molar-refractivity contribution in [3.05, 3.63) is 158 Å². The Morgan fingerprint density at radius 3 is 1.43 bits per heavy atom. The van der Waals surface area contributed by atoms with Crippen molar-refractivity contribution in [3.63, 3.8) is 0 Å². The number of carboxylic acids is 1. The van der Waals surface area contributed by atoms with Crippen LogP contribution in [0.1, 0.15) is 20.8 Å². The van der Waals surface area contributed by atoms with Gasteiger partial charge in [0, 0.05) is 67.6 Å². The van der Waals surface area contributed by atoms with Gasteiger partial charge in [-0.2, -0.15) is 13.2 Å². The van der Waals surface area contributed by atoms with E-state index in [2.05, 4.69) is 60.2 Å². The van der Waals surface area contributed by atoms with Crippen LogP contribution in [0.25, 0.3) is 66.4 Å². The quantitative estimate of drug-likeness (QED) is 0.0946. The van der Waals surface area contributed by atoms with Gasteiger partial charge in [0.15, 0.2) is 0 Å². The molecule has 0 fully saturated rings. The fraction of sp³-hybridized carbons (Fsp3) is 0.0980. The van der Waals surface area contributed by atoms with E-state index in [0.29, 0.717) is 17.3 Å². The minimum atomic E-state index is -5.08. The van der Waals surface area contributed by atoms with Gasteiger partial charge in [0.2, 0.25) is 0 Å². The topological polar surface area (TPSA) is 204 Å². The molecule has 0 radical (unpaired) electrons. The Kier molecular flexibility index (Phi) is 12.9. The zero-order chi connectivity index (χ0) is 48.0. The normalized spacial score (nSPS) is 11.3. The van der Waals surface area contributed by atoms with Crippen LogP contribution >= 0.6 is 0 Å². The number of nitrogen functional groups attached to an aromatic ring is 1. The maximum Gasteiger partial charge on any atom is 0.490 e. The fourth-order valence-electron chi connectivity index (χ4n) is 6.96. The minimum absolute atomic E-state index is 0.492. The second-order valence-corrected chi connectivity index (χ2v) is 16.0. The lowest BCUT2D eigenvalue weighted by Crippen LogP contribution is -2.27. The first-order chi connectivity index (χ1) is 32.6. The van der Waals surface area contributed by atoms with Crippen LogP contribution in [0.15, 0.2) is 167 Å². The summed E-state index contributed by atoms with van der Waals surface area (Å²) in [6, 6.07) is 46.8. The lowest BCUT2D eigenvalue weighted by molar-refractivity contribution is -0.192. The zero-order valence-corrected chi connectivity index (χ0v) is 36.5. The molecule has 0 aliphatic carbocycles. The predicted molar refractivity (Wildman–Crippen MR) is 257 cm³/mol. The standard InChI is InChI=1S/C27H24N4O3.C22H16N4O.C2HF3O2/c1-27(2,3)34-26(32)31-18-13-11-17(12-14-18)30-24-15-22(28-16-29-24)21-9-6-8-20-19-7-4-5-10-23(19)33-25(20)21;23-14-8-10-15(11-9-14)26-21-12-19(24-13-25-21)18-6-3-5-17-16-4-1-2-7-20(16)27-22(17)18;3-2(4,5)1(6)7/h4-16H,1-3H3,(H,31,32)(H,28,29,30);1-13H,23H2,(H,24,25,26);(H,6,7). The number of nitrogens with two attached hydrogens (primary N) is 1. The lowest BCUT2D eigenvalue weighted by atomic mass is 10.1. The number of carbonyl (C=O) groups is 2. The molecule has 17 heteroatoms. The summed E-state index contributed by atoms with van der Waals surface area (Å²) >= 11 is 0. The molecule has 1 amide bonds. The molecule has 10 rings (SSSR count). The van der Waals surface area contributed by atoms with Gasteiger partial charge in [-0.25, -0.2) is 29.5 Å². The van der Waals surface area contributed by atoms with Gasteiger partial charge in [-0.05, 0) is 93.6 Å². The van der Waals surface area contributed by atoms with Crippen LogP contribution in [0, 0.1) is 0 Å². The highest BCUT2D eigenvalue weighted by Gasteiger charge is 2.38. The third-order valence-electron chi connectivity index (χ3n) is 9.92. The number of alkyl halides is 3. The van der Waals surface area contributed by atoms with Crippen molar-refractivity contribution in [2.75, 3.05) is 21.7 Å². The Labute approximate surface area is 385 Å². The Bertz CT molecular complexity index is 3400. The van der Waals surface area contributed by atoms with Gasteiger partial charge in [0.25, 0.3) is 0 Å². The van der Waals surface area contributed by atoms with Crippen molar-refractivity contribution in [3.8, 4) is 22.5 Å². The molecule has 14 nitrogen and oxygen atoms in total. The molecule has 342 valence electrons. The van der Waals surface area contributed by atoms with Crippen molar-refractivity contribution < 1.29 is 41.4 Å². The van der Waals surface area contributed by atoms with Gasteiger partial charge < -0.3 is 35.0 Å². The number of halogens is 3. The number of aromatic nitrogens is 4. The first-order valence-electron chi connectivity index (χ1n) is 20.8. The van der Waals surface area contributed by atoms with E-state index in [9.17, 15) is 18.0 Å². The van der Waals surface area contributed by atoms with Crippen molar-refractivity contribution in [1.29, 1.82) is 0 Å². The van der Waals surface area contributed by atoms with E-state index in [-0.39, 0.29) is 0 Å².